The van der Waals surface area contributed by atoms with Gasteiger partial charge in [0, 0.05) is 0 Å². The normalized spacial score (nSPS) is 26.9. The first-order chi connectivity index (χ1) is 6.03. The Hall–Kier alpha value is -1.95. The number of hydrogen-bond acceptors (Lipinski definition) is 5. The molecule has 0 aromatic heterocycles. The minimum absolute atomic E-state index is 0.407. The summed E-state index contributed by atoms with van der Waals surface area (Å²) in [5.74, 6) is -0.617. The molecular weight excluding hydrogens is 170 g/mol. The summed E-state index contributed by atoms with van der Waals surface area (Å²) < 4.78 is 0. The number of allylic oxidation sites excluding steroid dienone is 2. The highest BCUT2D eigenvalue weighted by atomic mass is 16.3. The first kappa shape index (κ1) is 9.14. The van der Waals surface area contributed by atoms with Crippen LogP contribution in [-0.4, -0.2) is 16.6 Å². The zero-order valence-corrected chi connectivity index (χ0v) is 6.48. The monoisotopic (exact) mass is 175 g/mol. The molecule has 0 bridgehead atoms. The van der Waals surface area contributed by atoms with E-state index in [1.165, 1.54) is 12.1 Å². The predicted octanol–water partition coefficient (Wildman–Crippen LogP) is -0.884. The Morgan fingerprint density at radius 3 is 2.46 bits per heavy atom. The van der Waals surface area contributed by atoms with E-state index < -0.39 is 22.7 Å². The summed E-state index contributed by atoms with van der Waals surface area (Å²) in [7, 11) is 0. The van der Waals surface area contributed by atoms with Gasteiger partial charge in [0.1, 0.15) is 23.3 Å². The average molecular weight is 175 g/mol. The molecule has 0 spiro atoms. The summed E-state index contributed by atoms with van der Waals surface area (Å²) >= 11 is 0. The Morgan fingerprint density at radius 2 is 2.08 bits per heavy atom. The molecule has 5 nitrogen and oxygen atoms in total. The van der Waals surface area contributed by atoms with E-state index in [2.05, 4.69) is 0 Å². The van der Waals surface area contributed by atoms with Crippen molar-refractivity contribution in [2.45, 2.75) is 5.72 Å². The van der Waals surface area contributed by atoms with Crippen molar-refractivity contribution in [3.63, 3.8) is 0 Å². The Morgan fingerprint density at radius 1 is 1.46 bits per heavy atom. The van der Waals surface area contributed by atoms with Crippen molar-refractivity contribution >= 4 is 5.78 Å². The molecule has 3 N–H and O–H groups in total. The zero-order valence-electron chi connectivity index (χ0n) is 6.48. The van der Waals surface area contributed by atoms with Gasteiger partial charge in [-0.15, -0.1) is 0 Å². The number of ketones is 1. The van der Waals surface area contributed by atoms with Crippen molar-refractivity contribution in [3.8, 4) is 12.1 Å². The lowest BCUT2D eigenvalue weighted by molar-refractivity contribution is -0.111. The molecular formula is C8H5N3O2. The summed E-state index contributed by atoms with van der Waals surface area (Å²) in [6.45, 7) is 0. The van der Waals surface area contributed by atoms with Gasteiger partial charge in [-0.2, -0.15) is 10.5 Å². The third-order valence-corrected chi connectivity index (χ3v) is 1.61. The molecule has 0 radical (unpaired) electrons. The van der Waals surface area contributed by atoms with E-state index in [0.29, 0.717) is 0 Å². The van der Waals surface area contributed by atoms with Crippen LogP contribution in [0.4, 0.5) is 0 Å². The number of carbonyl (C=O) groups excluding carboxylic acids is 1. The van der Waals surface area contributed by atoms with Gasteiger partial charge in [0.15, 0.2) is 11.5 Å². The summed E-state index contributed by atoms with van der Waals surface area (Å²) in [5, 5.41) is 26.4. The van der Waals surface area contributed by atoms with E-state index in [0.717, 1.165) is 12.2 Å². The first-order valence-electron chi connectivity index (χ1n) is 3.32. The van der Waals surface area contributed by atoms with Gasteiger partial charge in [0.25, 0.3) is 0 Å². The van der Waals surface area contributed by atoms with Gasteiger partial charge in [-0.3, -0.25) is 10.5 Å². The number of rotatable bonds is 0. The molecule has 0 aromatic rings. The van der Waals surface area contributed by atoms with E-state index in [1.807, 2.05) is 0 Å². The van der Waals surface area contributed by atoms with Crippen molar-refractivity contribution < 1.29 is 9.90 Å². The topological polar surface area (TPSA) is 111 Å². The van der Waals surface area contributed by atoms with Gasteiger partial charge in [-0.25, -0.2) is 0 Å². The molecule has 0 saturated heterocycles. The van der Waals surface area contributed by atoms with Crippen molar-refractivity contribution in [1.82, 2.24) is 0 Å². The van der Waals surface area contributed by atoms with Crippen LogP contribution in [0, 0.1) is 22.7 Å². The van der Waals surface area contributed by atoms with E-state index in [1.54, 1.807) is 0 Å². The minimum Gasteiger partial charge on any atom is -0.367 e. The average Bonchev–Trinajstić information content (AvgIpc) is 2.08. The highest BCUT2D eigenvalue weighted by molar-refractivity contribution is 6.09. The molecule has 0 aromatic carbocycles. The second kappa shape index (κ2) is 2.83. The molecule has 0 aliphatic heterocycles. The maximum Gasteiger partial charge on any atom is 0.197 e. The van der Waals surface area contributed by atoms with Crippen LogP contribution < -0.4 is 5.73 Å². The third kappa shape index (κ3) is 1.34. The maximum atomic E-state index is 11.0. The van der Waals surface area contributed by atoms with Gasteiger partial charge in [0.2, 0.25) is 0 Å². The fraction of sp³-hybridized carbons (Fsp3) is 0.125. The van der Waals surface area contributed by atoms with E-state index in [-0.39, 0.29) is 0 Å². The van der Waals surface area contributed by atoms with E-state index in [4.69, 9.17) is 16.3 Å². The molecule has 0 saturated carbocycles. The lowest BCUT2D eigenvalue weighted by atomic mass is 9.91. The van der Waals surface area contributed by atoms with Crippen LogP contribution in [0.3, 0.4) is 0 Å². The lowest BCUT2D eigenvalue weighted by Gasteiger charge is -2.21. The minimum atomic E-state index is -2.01. The number of nitriles is 2. The summed E-state index contributed by atoms with van der Waals surface area (Å²) in [6, 6.07) is 3.06. The Labute approximate surface area is 74.0 Å². The number of aliphatic hydroxyl groups is 1. The second-order valence-corrected chi connectivity index (χ2v) is 2.50. The van der Waals surface area contributed by atoms with Crippen molar-refractivity contribution in [1.29, 1.82) is 10.5 Å². The molecule has 5 heteroatoms. The van der Waals surface area contributed by atoms with Crippen LogP contribution in [-0.2, 0) is 4.79 Å². The van der Waals surface area contributed by atoms with Crippen molar-refractivity contribution in [2.24, 2.45) is 5.73 Å². The maximum absolute atomic E-state index is 11.0. The highest BCUT2D eigenvalue weighted by Gasteiger charge is 2.33. The fourth-order valence-electron chi connectivity index (χ4n) is 0.949. The number of nitrogens with zero attached hydrogens (tertiary/aromatic N) is 2. The quantitative estimate of drug-likeness (QED) is 0.464. The second-order valence-electron chi connectivity index (χ2n) is 2.50. The molecule has 1 unspecified atom stereocenters. The van der Waals surface area contributed by atoms with Gasteiger partial charge in [-0.1, -0.05) is 0 Å². The lowest BCUT2D eigenvalue weighted by Crippen LogP contribution is -2.42. The number of carbonyl (C=O) groups is 1. The first-order valence-corrected chi connectivity index (χ1v) is 3.32. The van der Waals surface area contributed by atoms with Crippen LogP contribution in [0.5, 0.6) is 0 Å². The van der Waals surface area contributed by atoms with Gasteiger partial charge >= 0.3 is 0 Å². The van der Waals surface area contributed by atoms with Gasteiger partial charge in [0.05, 0.1) is 0 Å². The van der Waals surface area contributed by atoms with Gasteiger partial charge in [-0.05, 0) is 12.2 Å². The molecule has 1 aliphatic carbocycles. The fourth-order valence-corrected chi connectivity index (χ4v) is 0.949. The molecule has 0 fully saturated rings. The van der Waals surface area contributed by atoms with Crippen LogP contribution in [0.15, 0.2) is 23.3 Å². The predicted molar refractivity (Wildman–Crippen MR) is 41.5 cm³/mol. The molecule has 1 atom stereocenters. The summed E-state index contributed by atoms with van der Waals surface area (Å²) in [6.07, 6.45) is 1.95. The van der Waals surface area contributed by atoms with Crippen LogP contribution in [0.1, 0.15) is 0 Å². The number of hydrogen-bond donors (Lipinski definition) is 2. The molecule has 0 amide bonds. The van der Waals surface area contributed by atoms with Crippen LogP contribution in [0.25, 0.3) is 0 Å². The number of nitrogens with two attached hydrogens (primary N) is 1. The van der Waals surface area contributed by atoms with Gasteiger partial charge < -0.3 is 5.11 Å². The molecule has 0 heterocycles. The summed E-state index contributed by atoms with van der Waals surface area (Å²) in [4.78, 5) is 11.0. The van der Waals surface area contributed by atoms with Crippen molar-refractivity contribution in [3.05, 3.63) is 23.3 Å². The third-order valence-electron chi connectivity index (χ3n) is 1.61. The molecule has 13 heavy (non-hydrogen) atoms. The molecule has 64 valence electrons. The van der Waals surface area contributed by atoms with Crippen LogP contribution in [0.2, 0.25) is 0 Å². The van der Waals surface area contributed by atoms with Crippen molar-refractivity contribution in [2.75, 3.05) is 0 Å². The SMILES string of the molecule is N#CC1=C(C#N)C(N)(O)C=CC1=O. The molecule has 1 rings (SSSR count). The largest absolute Gasteiger partial charge is 0.367 e. The smallest absolute Gasteiger partial charge is 0.197 e. The van der Waals surface area contributed by atoms with E-state index >= 15 is 0 Å². The highest BCUT2D eigenvalue weighted by Crippen LogP contribution is 2.21. The Kier molecular flexibility index (Phi) is 1.99. The molecule has 1 aliphatic rings. The summed E-state index contributed by atoms with van der Waals surface area (Å²) in [5.41, 5.74) is 2.42. The zero-order chi connectivity index (χ0) is 10.1. The standard InChI is InChI=1S/C8H5N3O2/c9-3-5-6(4-10)8(11,13)2-1-7(5)12/h1-2,13H,11H2. The van der Waals surface area contributed by atoms with E-state index in [9.17, 15) is 9.90 Å². The Bertz CT molecular complexity index is 404. The Balaban J connectivity index is 3.40. The van der Waals surface area contributed by atoms with Crippen LogP contribution >= 0.6 is 0 Å².